The highest BCUT2D eigenvalue weighted by Gasteiger charge is 2.16. The molecule has 0 fully saturated rings. The van der Waals surface area contributed by atoms with Crippen molar-refractivity contribution in [3.05, 3.63) is 81.1 Å². The first-order valence-corrected chi connectivity index (χ1v) is 7.45. The van der Waals surface area contributed by atoms with E-state index in [1.807, 2.05) is 0 Å². The van der Waals surface area contributed by atoms with Crippen LogP contribution in [0.25, 0.3) is 10.9 Å². The topological polar surface area (TPSA) is 71.3 Å². The summed E-state index contributed by atoms with van der Waals surface area (Å²) < 4.78 is 26.9. The van der Waals surface area contributed by atoms with Crippen LogP contribution in [0.1, 0.15) is 21.5 Å². The molecular formula is C18H14F2N2O3. The number of benzene rings is 2. The van der Waals surface area contributed by atoms with Crippen molar-refractivity contribution >= 4 is 16.8 Å². The number of aromatic nitrogens is 1. The molecule has 2 aromatic carbocycles. The van der Waals surface area contributed by atoms with Gasteiger partial charge in [0.1, 0.15) is 17.2 Å². The first kappa shape index (κ1) is 16.6. The van der Waals surface area contributed by atoms with Crippen molar-refractivity contribution in [1.29, 1.82) is 0 Å². The quantitative estimate of drug-likeness (QED) is 0.718. The largest absolute Gasteiger partial charge is 0.425 e. The molecule has 3 rings (SSSR count). The van der Waals surface area contributed by atoms with E-state index in [1.165, 1.54) is 12.1 Å². The summed E-state index contributed by atoms with van der Waals surface area (Å²) in [5.41, 5.74) is -0.0798. The normalized spacial score (nSPS) is 10.8. The summed E-state index contributed by atoms with van der Waals surface area (Å²) in [6.45, 7) is 1.51. The van der Waals surface area contributed by atoms with Crippen LogP contribution in [0.4, 0.5) is 8.78 Å². The molecule has 0 aliphatic carbocycles. The first-order valence-electron chi connectivity index (χ1n) is 7.45. The summed E-state index contributed by atoms with van der Waals surface area (Å²) in [5, 5.41) is 13.0. The van der Waals surface area contributed by atoms with E-state index in [0.29, 0.717) is 27.3 Å². The summed E-state index contributed by atoms with van der Waals surface area (Å²) in [4.78, 5) is 24.5. The van der Waals surface area contributed by atoms with Gasteiger partial charge in [-0.25, -0.2) is 8.78 Å². The average molecular weight is 344 g/mol. The van der Waals surface area contributed by atoms with Crippen LogP contribution in [0.3, 0.4) is 0 Å². The highest BCUT2D eigenvalue weighted by atomic mass is 19.1. The summed E-state index contributed by atoms with van der Waals surface area (Å²) in [6.07, 6.45) is 0. The fraction of sp³-hybridized carbons (Fsp3) is 0.111. The molecule has 7 heteroatoms. The van der Waals surface area contributed by atoms with E-state index in [2.05, 4.69) is 5.32 Å². The molecule has 1 heterocycles. The number of carbonyl (C=O) groups is 1. The van der Waals surface area contributed by atoms with Gasteiger partial charge in [0.15, 0.2) is 0 Å². The Balaban J connectivity index is 1.92. The summed E-state index contributed by atoms with van der Waals surface area (Å²) in [7, 11) is 0. The highest BCUT2D eigenvalue weighted by Crippen LogP contribution is 2.17. The van der Waals surface area contributed by atoms with Gasteiger partial charge in [0.25, 0.3) is 11.5 Å². The molecular weight excluding hydrogens is 330 g/mol. The summed E-state index contributed by atoms with van der Waals surface area (Å²) in [5.74, 6) is -2.28. The lowest BCUT2D eigenvalue weighted by Gasteiger charge is -2.10. The molecule has 0 aliphatic heterocycles. The van der Waals surface area contributed by atoms with E-state index >= 15 is 0 Å². The van der Waals surface area contributed by atoms with Crippen molar-refractivity contribution in [2.45, 2.75) is 13.5 Å². The lowest BCUT2D eigenvalue weighted by molar-refractivity contribution is 0.0943. The average Bonchev–Trinajstić information content (AvgIpc) is 2.57. The Hall–Kier alpha value is -3.22. The van der Waals surface area contributed by atoms with Crippen LogP contribution in [0.2, 0.25) is 0 Å². The number of nitrogens with one attached hydrogen (secondary N) is 1. The molecule has 0 unspecified atom stereocenters. The molecule has 3 aromatic rings. The minimum absolute atomic E-state index is 0.0794. The van der Waals surface area contributed by atoms with Gasteiger partial charge in [-0.15, -0.1) is 4.73 Å². The predicted octanol–water partition coefficient (Wildman–Crippen LogP) is 2.76. The molecule has 5 nitrogen and oxygen atoms in total. The molecule has 0 saturated carbocycles. The van der Waals surface area contributed by atoms with Gasteiger partial charge >= 0.3 is 0 Å². The van der Waals surface area contributed by atoms with Gasteiger partial charge in [-0.2, -0.15) is 0 Å². The Labute approximate surface area is 141 Å². The Bertz CT molecular complexity index is 1040. The number of carbonyl (C=O) groups excluding carboxylic acids is 1. The number of hydrogen-bond acceptors (Lipinski definition) is 3. The molecule has 2 N–H and O–H groups in total. The zero-order valence-corrected chi connectivity index (χ0v) is 13.2. The van der Waals surface area contributed by atoms with Crippen LogP contribution in [-0.2, 0) is 6.54 Å². The Morgan fingerprint density at radius 2 is 1.96 bits per heavy atom. The van der Waals surface area contributed by atoms with E-state index in [9.17, 15) is 23.6 Å². The molecule has 0 spiro atoms. The number of para-hydroxylation sites is 1. The fourth-order valence-electron chi connectivity index (χ4n) is 2.62. The third-order valence-corrected chi connectivity index (χ3v) is 3.90. The van der Waals surface area contributed by atoms with E-state index in [-0.39, 0.29) is 17.7 Å². The van der Waals surface area contributed by atoms with E-state index in [1.54, 1.807) is 25.1 Å². The minimum Gasteiger partial charge on any atom is -0.425 e. The van der Waals surface area contributed by atoms with Gasteiger partial charge in [0.05, 0.1) is 5.52 Å². The fourth-order valence-corrected chi connectivity index (χ4v) is 2.62. The number of rotatable bonds is 3. The van der Waals surface area contributed by atoms with E-state index in [4.69, 9.17) is 0 Å². The van der Waals surface area contributed by atoms with Crippen LogP contribution < -0.4 is 10.9 Å². The maximum absolute atomic E-state index is 13.6. The second-order valence-corrected chi connectivity index (χ2v) is 5.61. The van der Waals surface area contributed by atoms with Gasteiger partial charge < -0.3 is 10.5 Å². The van der Waals surface area contributed by atoms with Crippen LogP contribution in [0.5, 0.6) is 0 Å². The monoisotopic (exact) mass is 344 g/mol. The zero-order valence-electron chi connectivity index (χ0n) is 13.2. The van der Waals surface area contributed by atoms with Crippen molar-refractivity contribution in [2.24, 2.45) is 0 Å². The SMILES string of the molecule is Cc1cccc2cc(C(=O)NCc3ccc(F)cc3F)c(=O)n(O)c12. The third kappa shape index (κ3) is 3.08. The van der Waals surface area contributed by atoms with Crippen molar-refractivity contribution in [3.63, 3.8) is 0 Å². The third-order valence-electron chi connectivity index (χ3n) is 3.90. The van der Waals surface area contributed by atoms with Gasteiger partial charge in [-0.3, -0.25) is 9.59 Å². The molecule has 1 aromatic heterocycles. The van der Waals surface area contributed by atoms with Gasteiger partial charge in [-0.1, -0.05) is 24.3 Å². The van der Waals surface area contributed by atoms with Gasteiger partial charge in [0.2, 0.25) is 0 Å². The van der Waals surface area contributed by atoms with Gasteiger partial charge in [0, 0.05) is 23.6 Å². The number of pyridine rings is 1. The molecule has 128 valence electrons. The lowest BCUT2D eigenvalue weighted by Crippen LogP contribution is -2.32. The Kier molecular flexibility index (Phi) is 4.22. The van der Waals surface area contributed by atoms with Crippen molar-refractivity contribution in [1.82, 2.24) is 10.0 Å². The first-order chi connectivity index (χ1) is 11.9. The number of nitrogens with zero attached hydrogens (tertiary/aromatic N) is 1. The Morgan fingerprint density at radius 3 is 2.68 bits per heavy atom. The van der Waals surface area contributed by atoms with E-state index < -0.39 is 23.1 Å². The van der Waals surface area contributed by atoms with E-state index in [0.717, 1.165) is 6.07 Å². The van der Waals surface area contributed by atoms with Crippen LogP contribution in [0, 0.1) is 18.6 Å². The second kappa shape index (κ2) is 6.35. The van der Waals surface area contributed by atoms with Crippen LogP contribution in [-0.4, -0.2) is 15.8 Å². The molecule has 0 aliphatic rings. The number of hydrogen-bond donors (Lipinski definition) is 2. The lowest BCUT2D eigenvalue weighted by atomic mass is 10.1. The van der Waals surface area contributed by atoms with Crippen LogP contribution >= 0.6 is 0 Å². The Morgan fingerprint density at radius 1 is 1.20 bits per heavy atom. The molecule has 0 bridgehead atoms. The van der Waals surface area contributed by atoms with Crippen molar-refractivity contribution < 1.29 is 18.8 Å². The molecule has 0 radical (unpaired) electrons. The second-order valence-electron chi connectivity index (χ2n) is 5.61. The molecule has 0 saturated heterocycles. The smallest absolute Gasteiger partial charge is 0.296 e. The highest BCUT2D eigenvalue weighted by molar-refractivity contribution is 5.97. The number of halogens is 2. The maximum atomic E-state index is 13.6. The summed E-state index contributed by atoms with van der Waals surface area (Å²) >= 11 is 0. The standard InChI is InChI=1S/C18H14F2N2O3/c1-10-3-2-4-11-7-14(18(24)22(25)16(10)11)17(23)21-9-12-5-6-13(19)8-15(12)20/h2-8,25H,9H2,1H3,(H,21,23). The predicted molar refractivity (Wildman–Crippen MR) is 87.7 cm³/mol. The zero-order chi connectivity index (χ0) is 18.1. The molecule has 1 amide bonds. The molecule has 0 atom stereocenters. The number of fused-ring (bicyclic) bond motifs is 1. The van der Waals surface area contributed by atoms with Crippen LogP contribution in [0.15, 0.2) is 47.3 Å². The maximum Gasteiger partial charge on any atom is 0.296 e. The van der Waals surface area contributed by atoms with Crippen molar-refractivity contribution in [2.75, 3.05) is 0 Å². The summed E-state index contributed by atoms with van der Waals surface area (Å²) in [6, 6.07) is 9.48. The molecule has 25 heavy (non-hydrogen) atoms. The van der Waals surface area contributed by atoms with Gasteiger partial charge in [-0.05, 0) is 24.6 Å². The van der Waals surface area contributed by atoms with Crippen molar-refractivity contribution in [3.8, 4) is 0 Å². The number of aryl methyl sites for hydroxylation is 1. The minimum atomic E-state index is -0.876. The number of amides is 1.